The smallest absolute Gasteiger partial charge is 0.152 e. The molecule has 6 heteroatoms. The van der Waals surface area contributed by atoms with Gasteiger partial charge in [-0.25, -0.2) is 8.42 Å². The Bertz CT molecular complexity index is 593. The standard InChI is InChI=1S/C12H13ClN2O2S/c13-12-8-11(3-2-10(12)9-14)15-4-1-6-18(16,17)7-5-15/h2-3,8H,1,4-7H2. The van der Waals surface area contributed by atoms with Crippen LogP contribution in [0, 0.1) is 11.3 Å². The second-order valence-corrected chi connectivity index (χ2v) is 6.98. The predicted molar refractivity (Wildman–Crippen MR) is 71.7 cm³/mol. The molecule has 1 aromatic carbocycles. The van der Waals surface area contributed by atoms with Crippen LogP contribution in [0.4, 0.5) is 5.69 Å². The SMILES string of the molecule is N#Cc1ccc(N2CCCS(=O)(=O)CC2)cc1Cl. The van der Waals surface area contributed by atoms with E-state index in [2.05, 4.69) is 0 Å². The summed E-state index contributed by atoms with van der Waals surface area (Å²) in [5.41, 5.74) is 1.30. The summed E-state index contributed by atoms with van der Waals surface area (Å²) in [5, 5.41) is 9.21. The van der Waals surface area contributed by atoms with Gasteiger partial charge in [0.1, 0.15) is 6.07 Å². The van der Waals surface area contributed by atoms with Crippen molar-refractivity contribution in [2.45, 2.75) is 6.42 Å². The van der Waals surface area contributed by atoms with Gasteiger partial charge in [-0.1, -0.05) is 11.6 Å². The Labute approximate surface area is 112 Å². The molecule has 0 aromatic heterocycles. The third kappa shape index (κ3) is 2.95. The second-order valence-electron chi connectivity index (χ2n) is 4.27. The number of benzene rings is 1. The number of hydrogen-bond donors (Lipinski definition) is 0. The first-order valence-corrected chi connectivity index (χ1v) is 7.87. The molecule has 4 nitrogen and oxygen atoms in total. The van der Waals surface area contributed by atoms with Crippen molar-refractivity contribution in [1.82, 2.24) is 0 Å². The number of hydrogen-bond acceptors (Lipinski definition) is 4. The summed E-state index contributed by atoms with van der Waals surface area (Å²) >= 11 is 5.98. The van der Waals surface area contributed by atoms with Gasteiger partial charge in [0, 0.05) is 18.8 Å². The lowest BCUT2D eigenvalue weighted by molar-refractivity contribution is 0.597. The van der Waals surface area contributed by atoms with Gasteiger partial charge in [-0.05, 0) is 24.6 Å². The van der Waals surface area contributed by atoms with Crippen molar-refractivity contribution in [1.29, 1.82) is 5.26 Å². The number of nitrogens with zero attached hydrogens (tertiary/aromatic N) is 2. The van der Waals surface area contributed by atoms with Gasteiger partial charge < -0.3 is 4.90 Å². The average molecular weight is 285 g/mol. The summed E-state index contributed by atoms with van der Waals surface area (Å²) < 4.78 is 23.0. The van der Waals surface area contributed by atoms with Crippen molar-refractivity contribution in [3.8, 4) is 6.07 Å². The topological polar surface area (TPSA) is 61.2 Å². The molecule has 0 unspecified atom stereocenters. The fourth-order valence-corrected chi connectivity index (χ4v) is 3.48. The van der Waals surface area contributed by atoms with Crippen molar-refractivity contribution >= 4 is 27.1 Å². The Balaban J connectivity index is 2.22. The molecule has 1 heterocycles. The number of rotatable bonds is 1. The van der Waals surface area contributed by atoms with Crippen LogP contribution in [0.2, 0.25) is 5.02 Å². The van der Waals surface area contributed by atoms with Crippen LogP contribution in [0.1, 0.15) is 12.0 Å². The number of anilines is 1. The molecule has 1 aliphatic heterocycles. The van der Waals surface area contributed by atoms with Crippen molar-refractivity contribution in [3.63, 3.8) is 0 Å². The zero-order valence-corrected chi connectivity index (χ0v) is 11.3. The van der Waals surface area contributed by atoms with Gasteiger partial charge in [0.15, 0.2) is 9.84 Å². The molecule has 0 spiro atoms. The quantitative estimate of drug-likeness (QED) is 0.789. The zero-order chi connectivity index (χ0) is 13.2. The minimum absolute atomic E-state index is 0.171. The molecular formula is C12H13ClN2O2S. The number of nitriles is 1. The summed E-state index contributed by atoms with van der Waals surface area (Å²) in [6.07, 6.45) is 0.625. The molecule has 0 amide bonds. The molecule has 1 aliphatic rings. The predicted octanol–water partition coefficient (Wildman–Crippen LogP) is 1.84. The fourth-order valence-electron chi connectivity index (χ4n) is 1.99. The Morgan fingerprint density at radius 1 is 1.28 bits per heavy atom. The van der Waals surface area contributed by atoms with Crippen molar-refractivity contribution in [2.75, 3.05) is 29.5 Å². The molecule has 2 rings (SSSR count). The van der Waals surface area contributed by atoms with E-state index < -0.39 is 9.84 Å². The molecular weight excluding hydrogens is 272 g/mol. The lowest BCUT2D eigenvalue weighted by atomic mass is 10.2. The highest BCUT2D eigenvalue weighted by atomic mass is 35.5. The number of halogens is 1. The lowest BCUT2D eigenvalue weighted by Gasteiger charge is -2.22. The molecule has 1 saturated heterocycles. The van der Waals surface area contributed by atoms with E-state index in [0.717, 1.165) is 5.69 Å². The van der Waals surface area contributed by atoms with Crippen LogP contribution in [0.3, 0.4) is 0 Å². The van der Waals surface area contributed by atoms with E-state index in [0.29, 0.717) is 30.1 Å². The van der Waals surface area contributed by atoms with E-state index in [-0.39, 0.29) is 11.5 Å². The highest BCUT2D eigenvalue weighted by Gasteiger charge is 2.19. The largest absolute Gasteiger partial charge is 0.370 e. The van der Waals surface area contributed by atoms with Crippen molar-refractivity contribution in [3.05, 3.63) is 28.8 Å². The molecule has 0 aliphatic carbocycles. The van der Waals surface area contributed by atoms with Gasteiger partial charge in [-0.3, -0.25) is 0 Å². The lowest BCUT2D eigenvalue weighted by Crippen LogP contribution is -2.26. The first-order valence-electron chi connectivity index (χ1n) is 5.67. The first-order chi connectivity index (χ1) is 8.52. The fraction of sp³-hybridized carbons (Fsp3) is 0.417. The molecule has 96 valence electrons. The molecule has 0 atom stereocenters. The molecule has 1 aromatic rings. The molecule has 0 N–H and O–H groups in total. The van der Waals surface area contributed by atoms with Crippen LogP contribution in [0.15, 0.2) is 18.2 Å². The normalized spacial score (nSPS) is 19.0. The maximum absolute atomic E-state index is 11.5. The molecule has 18 heavy (non-hydrogen) atoms. The monoisotopic (exact) mass is 284 g/mol. The highest BCUT2D eigenvalue weighted by Crippen LogP contribution is 2.24. The van der Waals surface area contributed by atoms with Crippen LogP contribution in [0.25, 0.3) is 0 Å². The van der Waals surface area contributed by atoms with Crippen molar-refractivity contribution < 1.29 is 8.42 Å². The molecule has 0 saturated carbocycles. The van der Waals surface area contributed by atoms with E-state index in [1.165, 1.54) is 0 Å². The van der Waals surface area contributed by atoms with E-state index in [4.69, 9.17) is 16.9 Å². The minimum Gasteiger partial charge on any atom is -0.370 e. The maximum Gasteiger partial charge on any atom is 0.152 e. The highest BCUT2D eigenvalue weighted by molar-refractivity contribution is 7.91. The Morgan fingerprint density at radius 2 is 2.06 bits per heavy atom. The van der Waals surface area contributed by atoms with Gasteiger partial charge in [-0.15, -0.1) is 0 Å². The van der Waals surface area contributed by atoms with Crippen LogP contribution < -0.4 is 4.90 Å². The van der Waals surface area contributed by atoms with E-state index >= 15 is 0 Å². The van der Waals surface area contributed by atoms with E-state index in [9.17, 15) is 8.42 Å². The summed E-state index contributed by atoms with van der Waals surface area (Å²) in [7, 11) is -2.91. The summed E-state index contributed by atoms with van der Waals surface area (Å²) in [6.45, 7) is 1.17. The van der Waals surface area contributed by atoms with Crippen LogP contribution in [0.5, 0.6) is 0 Å². The summed E-state index contributed by atoms with van der Waals surface area (Å²) in [6, 6.07) is 7.20. The third-order valence-electron chi connectivity index (χ3n) is 2.99. The van der Waals surface area contributed by atoms with Gasteiger partial charge in [0.05, 0.1) is 22.1 Å². The first kappa shape index (κ1) is 13.2. The number of sulfone groups is 1. The van der Waals surface area contributed by atoms with E-state index in [1.54, 1.807) is 12.1 Å². The molecule has 0 bridgehead atoms. The van der Waals surface area contributed by atoms with Gasteiger partial charge in [-0.2, -0.15) is 5.26 Å². The van der Waals surface area contributed by atoms with Crippen LogP contribution >= 0.6 is 11.6 Å². The van der Waals surface area contributed by atoms with Gasteiger partial charge in [0.2, 0.25) is 0 Å². The minimum atomic E-state index is -2.91. The van der Waals surface area contributed by atoms with Gasteiger partial charge in [0.25, 0.3) is 0 Å². The van der Waals surface area contributed by atoms with Crippen molar-refractivity contribution in [2.24, 2.45) is 0 Å². The Hall–Kier alpha value is -1.25. The van der Waals surface area contributed by atoms with Crippen LogP contribution in [-0.2, 0) is 9.84 Å². The van der Waals surface area contributed by atoms with Gasteiger partial charge >= 0.3 is 0 Å². The maximum atomic E-state index is 11.5. The molecule has 0 radical (unpaired) electrons. The second kappa shape index (κ2) is 5.17. The van der Waals surface area contributed by atoms with E-state index in [1.807, 2.05) is 17.0 Å². The average Bonchev–Trinajstić information content (AvgIpc) is 2.50. The third-order valence-corrected chi connectivity index (χ3v) is 5.02. The summed E-state index contributed by atoms with van der Waals surface area (Å²) in [5.74, 6) is 0.415. The zero-order valence-electron chi connectivity index (χ0n) is 9.76. The molecule has 1 fully saturated rings. The van der Waals surface area contributed by atoms with Crippen LogP contribution in [-0.4, -0.2) is 33.0 Å². The summed E-state index contributed by atoms with van der Waals surface area (Å²) in [4.78, 5) is 2.00. The Kier molecular flexibility index (Phi) is 3.79. The Morgan fingerprint density at radius 3 is 2.72 bits per heavy atom.